The van der Waals surface area contributed by atoms with Gasteiger partial charge in [0.05, 0.1) is 33.4 Å². The second-order valence-corrected chi connectivity index (χ2v) is 11.9. The van der Waals surface area contributed by atoms with Crippen LogP contribution >= 0.6 is 18.7 Å². The Kier molecular flexibility index (Phi) is 6.40. The molecule has 34 heavy (non-hydrogen) atoms. The summed E-state index contributed by atoms with van der Waals surface area (Å²) in [4.78, 5) is 13.0. The lowest BCUT2D eigenvalue weighted by atomic mass is 10.1. The van der Waals surface area contributed by atoms with Crippen LogP contribution in [0, 0.1) is 24.4 Å². The molecule has 3 aromatic heterocycles. The number of aromatic nitrogens is 3. The molecule has 0 saturated heterocycles. The Bertz CT molecular complexity index is 1460. The average Bonchev–Trinajstić information content (AvgIpc) is 2.78. The summed E-state index contributed by atoms with van der Waals surface area (Å²) < 4.78 is 55.3. The van der Waals surface area contributed by atoms with Gasteiger partial charge in [-0.25, -0.2) is 23.1 Å². The van der Waals surface area contributed by atoms with Crippen LogP contribution in [0.4, 0.5) is 18.9 Å². The van der Waals surface area contributed by atoms with E-state index in [1.54, 1.807) is 39.3 Å². The van der Waals surface area contributed by atoms with Crippen LogP contribution in [0.1, 0.15) is 24.2 Å². The van der Waals surface area contributed by atoms with Crippen LogP contribution in [0.3, 0.4) is 0 Å². The molecule has 176 valence electrons. The van der Waals surface area contributed by atoms with Crippen molar-refractivity contribution in [3.8, 4) is 11.3 Å². The van der Waals surface area contributed by atoms with Crippen LogP contribution < -0.4 is 10.8 Å². The van der Waals surface area contributed by atoms with Gasteiger partial charge in [-0.3, -0.25) is 4.98 Å². The van der Waals surface area contributed by atoms with E-state index in [-0.39, 0.29) is 27.3 Å². The molecule has 0 aliphatic rings. The first-order valence-corrected chi connectivity index (χ1v) is 13.3. The predicted octanol–water partition coefficient (Wildman–Crippen LogP) is 6.49. The van der Waals surface area contributed by atoms with Gasteiger partial charge in [0.25, 0.3) is 0 Å². The molecule has 5 nitrogen and oxygen atoms in total. The second kappa shape index (κ2) is 9.01. The summed E-state index contributed by atoms with van der Waals surface area (Å²) in [5.41, 5.74) is 2.15. The monoisotopic (exact) mass is 504 g/mol. The lowest BCUT2D eigenvalue weighted by Gasteiger charge is -2.20. The molecule has 0 saturated carbocycles. The molecule has 10 heteroatoms. The highest BCUT2D eigenvalue weighted by molar-refractivity contribution is 7.69. The van der Waals surface area contributed by atoms with Gasteiger partial charge >= 0.3 is 0 Å². The maximum absolute atomic E-state index is 15.0. The number of nitrogens with one attached hydrogen (secondary N) is 1. The van der Waals surface area contributed by atoms with Gasteiger partial charge in [0.1, 0.15) is 18.4 Å². The van der Waals surface area contributed by atoms with Crippen LogP contribution in [0.2, 0.25) is 5.02 Å². The van der Waals surface area contributed by atoms with E-state index in [1.165, 1.54) is 24.4 Å². The van der Waals surface area contributed by atoms with Gasteiger partial charge in [-0.05, 0) is 45.4 Å². The Morgan fingerprint density at radius 2 is 1.79 bits per heavy atom. The normalized spacial score (nSPS) is 12.7. The third-order valence-electron chi connectivity index (χ3n) is 5.40. The van der Waals surface area contributed by atoms with E-state index in [1.807, 2.05) is 0 Å². The van der Waals surface area contributed by atoms with Crippen molar-refractivity contribution in [3.05, 3.63) is 76.3 Å². The van der Waals surface area contributed by atoms with Crippen LogP contribution in [-0.4, -0.2) is 28.3 Å². The first-order valence-electron chi connectivity index (χ1n) is 10.4. The molecule has 0 aliphatic heterocycles. The van der Waals surface area contributed by atoms with Gasteiger partial charge in [0.2, 0.25) is 0 Å². The number of anilines is 1. The standard InChI is InChI=1S/C24H21ClF3N4OP/c1-12(15-6-5-7-16(26)21(15)28)31-24-20(25)13(2)30-18-10-17(27)22(32-23(18)24)14-8-9-19(29-11-14)34(3,4)33/h5-12H,1-4H3,(H,30,31)/t12-/m0/s1. The fraction of sp³-hybridized carbons (Fsp3) is 0.208. The van der Waals surface area contributed by atoms with Gasteiger partial charge < -0.3 is 9.88 Å². The van der Waals surface area contributed by atoms with Crippen molar-refractivity contribution in [3.63, 3.8) is 0 Å². The summed E-state index contributed by atoms with van der Waals surface area (Å²) in [5, 5.41) is 3.32. The summed E-state index contributed by atoms with van der Waals surface area (Å²) in [5.74, 6) is -2.55. The SMILES string of the molecule is Cc1nc2cc(F)c(-c3ccc(P(C)(C)=O)nc3)nc2c(N[C@@H](C)c2cccc(F)c2F)c1Cl. The molecule has 1 aromatic carbocycles. The molecule has 0 aliphatic carbocycles. The molecule has 1 atom stereocenters. The van der Waals surface area contributed by atoms with Crippen molar-refractivity contribution >= 4 is 40.9 Å². The number of halogens is 4. The summed E-state index contributed by atoms with van der Waals surface area (Å²) >= 11 is 6.51. The zero-order valence-electron chi connectivity index (χ0n) is 18.8. The Labute approximate surface area is 199 Å². The quantitative estimate of drug-likeness (QED) is 0.315. The Morgan fingerprint density at radius 1 is 1.06 bits per heavy atom. The first-order chi connectivity index (χ1) is 16.0. The highest BCUT2D eigenvalue weighted by Crippen LogP contribution is 2.37. The highest BCUT2D eigenvalue weighted by Gasteiger charge is 2.21. The maximum atomic E-state index is 15.0. The van der Waals surface area contributed by atoms with Gasteiger partial charge in [-0.15, -0.1) is 0 Å². The molecule has 0 spiro atoms. The van der Waals surface area contributed by atoms with Crippen molar-refractivity contribution in [2.75, 3.05) is 18.6 Å². The largest absolute Gasteiger partial charge is 0.375 e. The molecule has 0 amide bonds. The lowest BCUT2D eigenvalue weighted by molar-refractivity contribution is 0.495. The van der Waals surface area contributed by atoms with E-state index < -0.39 is 30.6 Å². The van der Waals surface area contributed by atoms with Gasteiger partial charge in [-0.2, -0.15) is 0 Å². The molecular formula is C24H21ClF3N4OP. The minimum Gasteiger partial charge on any atom is -0.375 e. The molecule has 4 rings (SSSR count). The van der Waals surface area contributed by atoms with E-state index in [4.69, 9.17) is 11.6 Å². The molecule has 0 bridgehead atoms. The van der Waals surface area contributed by atoms with Crippen molar-refractivity contribution in [2.45, 2.75) is 19.9 Å². The molecule has 3 heterocycles. The molecule has 0 radical (unpaired) electrons. The minimum absolute atomic E-state index is 0.00273. The third kappa shape index (κ3) is 4.52. The van der Waals surface area contributed by atoms with Crippen molar-refractivity contribution in [1.82, 2.24) is 15.0 Å². The highest BCUT2D eigenvalue weighted by atomic mass is 35.5. The molecular weight excluding hydrogens is 484 g/mol. The molecule has 1 N–H and O–H groups in total. The number of benzene rings is 1. The number of pyridine rings is 3. The molecule has 4 aromatic rings. The van der Waals surface area contributed by atoms with E-state index in [0.29, 0.717) is 22.4 Å². The van der Waals surface area contributed by atoms with Gasteiger partial charge in [-0.1, -0.05) is 23.7 Å². The van der Waals surface area contributed by atoms with E-state index in [2.05, 4.69) is 20.3 Å². The number of hydrogen-bond acceptors (Lipinski definition) is 5. The van der Waals surface area contributed by atoms with Gasteiger partial charge in [0.15, 0.2) is 17.5 Å². The van der Waals surface area contributed by atoms with Crippen LogP contribution in [0.25, 0.3) is 22.3 Å². The zero-order valence-corrected chi connectivity index (χ0v) is 20.5. The zero-order chi connectivity index (χ0) is 24.8. The average molecular weight is 505 g/mol. The summed E-state index contributed by atoms with van der Waals surface area (Å²) in [6.07, 6.45) is 1.41. The van der Waals surface area contributed by atoms with E-state index >= 15 is 0 Å². The maximum Gasteiger partial charge on any atom is 0.164 e. The number of nitrogens with zero attached hydrogens (tertiary/aromatic N) is 3. The van der Waals surface area contributed by atoms with Crippen molar-refractivity contribution in [1.29, 1.82) is 0 Å². The number of rotatable bonds is 5. The number of aryl methyl sites for hydroxylation is 1. The second-order valence-electron chi connectivity index (χ2n) is 8.34. The van der Waals surface area contributed by atoms with E-state index in [9.17, 15) is 17.7 Å². The van der Waals surface area contributed by atoms with Crippen LogP contribution in [0.5, 0.6) is 0 Å². The van der Waals surface area contributed by atoms with Crippen LogP contribution in [0.15, 0.2) is 42.6 Å². The summed E-state index contributed by atoms with van der Waals surface area (Å²) in [6, 6.07) is 7.64. The fourth-order valence-electron chi connectivity index (χ4n) is 3.59. The van der Waals surface area contributed by atoms with E-state index in [0.717, 1.165) is 6.07 Å². The topological polar surface area (TPSA) is 67.8 Å². The first kappa shape index (κ1) is 24.2. The fourth-order valence-corrected chi connectivity index (χ4v) is 4.55. The Morgan fingerprint density at radius 3 is 2.44 bits per heavy atom. The lowest BCUT2D eigenvalue weighted by Crippen LogP contribution is -2.12. The smallest absolute Gasteiger partial charge is 0.164 e. The Hall–Kier alpha value is -2.96. The number of hydrogen-bond donors (Lipinski definition) is 1. The summed E-state index contributed by atoms with van der Waals surface area (Å²) in [7, 11) is -2.57. The summed E-state index contributed by atoms with van der Waals surface area (Å²) in [6.45, 7) is 6.50. The van der Waals surface area contributed by atoms with Crippen molar-refractivity contribution < 1.29 is 17.7 Å². The van der Waals surface area contributed by atoms with Gasteiger partial charge in [0, 0.05) is 23.4 Å². The molecule has 0 unspecified atom stereocenters. The predicted molar refractivity (Wildman–Crippen MR) is 130 cm³/mol. The third-order valence-corrected chi connectivity index (χ3v) is 7.23. The number of fused-ring (bicyclic) bond motifs is 1. The minimum atomic E-state index is -2.57. The van der Waals surface area contributed by atoms with Crippen LogP contribution in [-0.2, 0) is 4.57 Å². The molecule has 0 fully saturated rings. The van der Waals surface area contributed by atoms with Crippen molar-refractivity contribution in [2.24, 2.45) is 0 Å². The Balaban J connectivity index is 1.84.